The molecule has 7 nitrogen and oxygen atoms in total. The maximum Gasteiger partial charge on any atom is 0.408 e. The number of rotatable bonds is 4. The molecule has 2 heterocycles. The van der Waals surface area contributed by atoms with Crippen molar-refractivity contribution in [3.05, 3.63) is 65.5 Å². The Morgan fingerprint density at radius 2 is 1.89 bits per heavy atom. The Labute approximate surface area is 160 Å². The standard InChI is InChI=1S/C20H18FN3O4/c1-20(12-28-18(26)22-20)14-3-2-4-16(9-14)24-17(25)11-23(19(24)27)10-13-5-7-15(21)8-6-13/h2-9H,10-12H2,1H3,(H,22,26). The average molecular weight is 383 g/mol. The number of nitrogens with zero attached hydrogens (tertiary/aromatic N) is 2. The Morgan fingerprint density at radius 3 is 2.57 bits per heavy atom. The minimum Gasteiger partial charge on any atom is -0.447 e. The number of benzene rings is 2. The maximum absolute atomic E-state index is 13.1. The molecule has 0 bridgehead atoms. The third-order valence-electron chi connectivity index (χ3n) is 4.94. The molecular weight excluding hydrogens is 365 g/mol. The molecule has 4 rings (SSSR count). The van der Waals surface area contributed by atoms with Crippen LogP contribution in [-0.2, 0) is 21.6 Å². The van der Waals surface area contributed by atoms with Gasteiger partial charge in [-0.05, 0) is 42.3 Å². The molecule has 0 aromatic heterocycles. The van der Waals surface area contributed by atoms with E-state index in [0.29, 0.717) is 5.69 Å². The zero-order chi connectivity index (χ0) is 19.9. The molecule has 2 aliphatic heterocycles. The Morgan fingerprint density at radius 1 is 1.14 bits per heavy atom. The highest BCUT2D eigenvalue weighted by Gasteiger charge is 2.40. The quantitative estimate of drug-likeness (QED) is 0.824. The molecule has 2 saturated heterocycles. The fraction of sp³-hybridized carbons (Fsp3) is 0.250. The predicted octanol–water partition coefficient (Wildman–Crippen LogP) is 2.75. The summed E-state index contributed by atoms with van der Waals surface area (Å²) in [4.78, 5) is 39.3. The number of halogens is 1. The van der Waals surface area contributed by atoms with E-state index >= 15 is 0 Å². The van der Waals surface area contributed by atoms with Gasteiger partial charge in [0.15, 0.2) is 0 Å². The predicted molar refractivity (Wildman–Crippen MR) is 98.0 cm³/mol. The van der Waals surface area contributed by atoms with E-state index in [0.717, 1.165) is 16.0 Å². The second-order valence-corrected chi connectivity index (χ2v) is 7.08. The number of imide groups is 1. The molecule has 2 aliphatic rings. The molecule has 0 aliphatic carbocycles. The highest BCUT2D eigenvalue weighted by Crippen LogP contribution is 2.30. The summed E-state index contributed by atoms with van der Waals surface area (Å²) in [6, 6.07) is 12.3. The van der Waals surface area contributed by atoms with E-state index in [2.05, 4.69) is 5.32 Å². The van der Waals surface area contributed by atoms with Gasteiger partial charge in [-0.25, -0.2) is 18.9 Å². The van der Waals surface area contributed by atoms with Gasteiger partial charge in [0.1, 0.15) is 19.0 Å². The summed E-state index contributed by atoms with van der Waals surface area (Å²) in [6.45, 7) is 2.12. The molecule has 8 heteroatoms. The highest BCUT2D eigenvalue weighted by molar-refractivity contribution is 6.19. The third-order valence-corrected chi connectivity index (χ3v) is 4.94. The SMILES string of the molecule is CC1(c2cccc(N3C(=O)CN(Cc4ccc(F)cc4)C3=O)c2)COC(=O)N1. The lowest BCUT2D eigenvalue weighted by atomic mass is 9.93. The van der Waals surface area contributed by atoms with Crippen LogP contribution in [0.15, 0.2) is 48.5 Å². The number of carbonyl (C=O) groups is 3. The normalized spacial score (nSPS) is 21.9. The number of carbonyl (C=O) groups excluding carboxylic acids is 3. The Kier molecular flexibility index (Phi) is 4.26. The van der Waals surface area contributed by atoms with E-state index in [1.807, 2.05) is 6.92 Å². The number of cyclic esters (lactones) is 1. The van der Waals surface area contributed by atoms with Crippen LogP contribution in [0.5, 0.6) is 0 Å². The van der Waals surface area contributed by atoms with Crippen LogP contribution in [0.1, 0.15) is 18.1 Å². The first kappa shape index (κ1) is 18.0. The number of urea groups is 1. The summed E-state index contributed by atoms with van der Waals surface area (Å²) >= 11 is 0. The van der Waals surface area contributed by atoms with Crippen molar-refractivity contribution in [2.45, 2.75) is 19.0 Å². The molecule has 28 heavy (non-hydrogen) atoms. The van der Waals surface area contributed by atoms with Gasteiger partial charge in [-0.3, -0.25) is 4.79 Å². The summed E-state index contributed by atoms with van der Waals surface area (Å²) in [6.07, 6.45) is -0.508. The largest absolute Gasteiger partial charge is 0.447 e. The lowest BCUT2D eigenvalue weighted by Gasteiger charge is -2.23. The van der Waals surface area contributed by atoms with Crippen LogP contribution >= 0.6 is 0 Å². The minimum absolute atomic E-state index is 0.0580. The van der Waals surface area contributed by atoms with Crippen molar-refractivity contribution >= 4 is 23.7 Å². The fourth-order valence-corrected chi connectivity index (χ4v) is 3.39. The van der Waals surface area contributed by atoms with Crippen LogP contribution in [0, 0.1) is 5.82 Å². The van der Waals surface area contributed by atoms with Gasteiger partial charge in [0.05, 0.1) is 11.2 Å². The number of hydrogen-bond acceptors (Lipinski definition) is 4. The van der Waals surface area contributed by atoms with Crippen molar-refractivity contribution in [3.63, 3.8) is 0 Å². The Balaban J connectivity index is 1.57. The number of amides is 4. The second-order valence-electron chi connectivity index (χ2n) is 7.08. The number of hydrogen-bond donors (Lipinski definition) is 1. The van der Waals surface area contributed by atoms with Crippen LogP contribution < -0.4 is 10.2 Å². The van der Waals surface area contributed by atoms with Gasteiger partial charge in [-0.2, -0.15) is 0 Å². The van der Waals surface area contributed by atoms with Crippen molar-refractivity contribution in [1.29, 1.82) is 0 Å². The van der Waals surface area contributed by atoms with E-state index < -0.39 is 17.7 Å². The molecule has 2 aromatic carbocycles. The van der Waals surface area contributed by atoms with Crippen LogP contribution in [0.4, 0.5) is 19.7 Å². The van der Waals surface area contributed by atoms with Gasteiger partial charge in [0.25, 0.3) is 5.91 Å². The first-order valence-corrected chi connectivity index (χ1v) is 8.77. The molecule has 0 saturated carbocycles. The van der Waals surface area contributed by atoms with Crippen LogP contribution in [0.25, 0.3) is 0 Å². The average Bonchev–Trinajstić information content (AvgIpc) is 3.16. The van der Waals surface area contributed by atoms with Gasteiger partial charge in [0.2, 0.25) is 0 Å². The van der Waals surface area contributed by atoms with E-state index in [1.165, 1.54) is 17.0 Å². The fourth-order valence-electron chi connectivity index (χ4n) is 3.39. The summed E-state index contributed by atoms with van der Waals surface area (Å²) < 4.78 is 18.1. The zero-order valence-electron chi connectivity index (χ0n) is 15.1. The van der Waals surface area contributed by atoms with E-state index in [-0.39, 0.29) is 31.4 Å². The molecule has 144 valence electrons. The van der Waals surface area contributed by atoms with Crippen molar-refractivity contribution in [2.24, 2.45) is 0 Å². The van der Waals surface area contributed by atoms with Gasteiger partial charge in [-0.15, -0.1) is 0 Å². The maximum atomic E-state index is 13.1. The lowest BCUT2D eigenvalue weighted by molar-refractivity contribution is -0.116. The molecule has 0 radical (unpaired) electrons. The molecule has 1 atom stereocenters. The van der Waals surface area contributed by atoms with E-state index in [1.54, 1.807) is 36.4 Å². The number of alkyl carbamates (subject to hydrolysis) is 1. The van der Waals surface area contributed by atoms with E-state index in [9.17, 15) is 18.8 Å². The molecule has 2 aromatic rings. The van der Waals surface area contributed by atoms with Crippen molar-refractivity contribution < 1.29 is 23.5 Å². The van der Waals surface area contributed by atoms with Crippen LogP contribution in [-0.4, -0.2) is 36.1 Å². The third kappa shape index (κ3) is 3.17. The van der Waals surface area contributed by atoms with Gasteiger partial charge < -0.3 is 15.0 Å². The monoisotopic (exact) mass is 383 g/mol. The van der Waals surface area contributed by atoms with Gasteiger partial charge >= 0.3 is 12.1 Å². The molecule has 0 spiro atoms. The molecule has 1 unspecified atom stereocenters. The molecule has 2 fully saturated rings. The van der Waals surface area contributed by atoms with Gasteiger partial charge in [0, 0.05) is 6.54 Å². The summed E-state index contributed by atoms with van der Waals surface area (Å²) in [5, 5.41) is 2.74. The zero-order valence-corrected chi connectivity index (χ0v) is 15.1. The minimum atomic E-state index is -0.729. The van der Waals surface area contributed by atoms with Crippen molar-refractivity contribution in [2.75, 3.05) is 18.1 Å². The summed E-state index contributed by atoms with van der Waals surface area (Å²) in [7, 11) is 0. The summed E-state index contributed by atoms with van der Waals surface area (Å²) in [5.41, 5.74) is 1.16. The van der Waals surface area contributed by atoms with Crippen molar-refractivity contribution in [3.8, 4) is 0 Å². The molecular formula is C20H18FN3O4. The molecule has 1 N–H and O–H groups in total. The first-order chi connectivity index (χ1) is 13.4. The second kappa shape index (κ2) is 6.63. The lowest BCUT2D eigenvalue weighted by Crippen LogP contribution is -2.38. The van der Waals surface area contributed by atoms with Crippen molar-refractivity contribution in [1.82, 2.24) is 10.2 Å². The topological polar surface area (TPSA) is 79.0 Å². The number of ether oxygens (including phenoxy) is 1. The Bertz CT molecular complexity index is 962. The summed E-state index contributed by atoms with van der Waals surface area (Å²) in [5.74, 6) is -0.705. The Hall–Kier alpha value is -3.42. The van der Waals surface area contributed by atoms with Crippen LogP contribution in [0.3, 0.4) is 0 Å². The number of anilines is 1. The smallest absolute Gasteiger partial charge is 0.408 e. The van der Waals surface area contributed by atoms with E-state index in [4.69, 9.17) is 4.74 Å². The molecule has 4 amide bonds. The van der Waals surface area contributed by atoms with Gasteiger partial charge in [-0.1, -0.05) is 24.3 Å². The van der Waals surface area contributed by atoms with Crippen LogP contribution in [0.2, 0.25) is 0 Å². The first-order valence-electron chi connectivity index (χ1n) is 8.77. The number of nitrogens with one attached hydrogen (secondary N) is 1. The highest BCUT2D eigenvalue weighted by atomic mass is 19.1.